The fourth-order valence-corrected chi connectivity index (χ4v) is 1.76. The molecule has 3 N–H and O–H groups in total. The zero-order valence-corrected chi connectivity index (χ0v) is 9.70. The van der Waals surface area contributed by atoms with Gasteiger partial charge in [0, 0.05) is 26.7 Å². The summed E-state index contributed by atoms with van der Waals surface area (Å²) in [6, 6.07) is 0. The van der Waals surface area contributed by atoms with Gasteiger partial charge < -0.3 is 9.64 Å². The Hall–Kier alpha value is -0.810. The Bertz CT molecular complexity index is 200. The highest BCUT2D eigenvalue weighted by Crippen LogP contribution is 2.12. The molecule has 1 saturated heterocycles. The predicted molar refractivity (Wildman–Crippen MR) is 61.5 cm³/mol. The van der Waals surface area contributed by atoms with Gasteiger partial charge in [-0.05, 0) is 19.3 Å². The first-order chi connectivity index (χ1) is 7.31. The van der Waals surface area contributed by atoms with Crippen LogP contribution in [0, 0.1) is 0 Å². The summed E-state index contributed by atoms with van der Waals surface area (Å²) >= 11 is 0. The van der Waals surface area contributed by atoms with Gasteiger partial charge in [-0.3, -0.25) is 10.4 Å². The number of ether oxygens (including phenoxy) is 1. The zero-order valence-electron chi connectivity index (χ0n) is 9.70. The lowest BCUT2D eigenvalue weighted by molar-refractivity contribution is 0.0570. The molecule has 1 aliphatic heterocycles. The number of nitrogens with two attached hydrogens (primary N) is 1. The molecule has 0 spiro atoms. The lowest BCUT2D eigenvalue weighted by Gasteiger charge is -2.32. The number of piperidine rings is 1. The van der Waals surface area contributed by atoms with Gasteiger partial charge in [0.15, 0.2) is 0 Å². The van der Waals surface area contributed by atoms with Crippen molar-refractivity contribution in [3.05, 3.63) is 0 Å². The molecule has 0 aromatic heterocycles. The second-order valence-electron chi connectivity index (χ2n) is 3.77. The lowest BCUT2D eigenvalue weighted by Crippen LogP contribution is -2.49. The first-order valence-corrected chi connectivity index (χ1v) is 5.60. The van der Waals surface area contributed by atoms with Crippen LogP contribution in [0.5, 0.6) is 0 Å². The quantitative estimate of drug-likeness (QED) is 0.307. The number of hydrogen-bond acceptors (Lipinski definition) is 3. The van der Waals surface area contributed by atoms with Gasteiger partial charge in [0.2, 0.25) is 5.96 Å². The van der Waals surface area contributed by atoms with E-state index < -0.39 is 0 Å². The van der Waals surface area contributed by atoms with E-state index in [2.05, 4.69) is 22.2 Å². The number of aliphatic imine (C=N–C) groups is 1. The summed E-state index contributed by atoms with van der Waals surface area (Å²) in [6.45, 7) is 4.86. The Balaban J connectivity index is 2.42. The van der Waals surface area contributed by atoms with E-state index in [4.69, 9.17) is 10.6 Å². The van der Waals surface area contributed by atoms with E-state index in [9.17, 15) is 0 Å². The Morgan fingerprint density at radius 2 is 2.20 bits per heavy atom. The minimum absolute atomic E-state index is 0.395. The van der Waals surface area contributed by atoms with Gasteiger partial charge in [-0.25, -0.2) is 5.84 Å². The number of likely N-dealkylation sites (tertiary alicyclic amines) is 1. The van der Waals surface area contributed by atoms with Crippen LogP contribution in [0.15, 0.2) is 4.99 Å². The minimum Gasteiger partial charge on any atom is -0.381 e. The maximum absolute atomic E-state index is 5.46. The molecule has 0 atom stereocenters. The number of hydrogen-bond donors (Lipinski definition) is 2. The highest BCUT2D eigenvalue weighted by molar-refractivity contribution is 5.79. The molecule has 88 valence electrons. The van der Waals surface area contributed by atoms with Crippen molar-refractivity contribution in [2.24, 2.45) is 10.8 Å². The minimum atomic E-state index is 0.395. The van der Waals surface area contributed by atoms with Crippen molar-refractivity contribution in [1.29, 1.82) is 0 Å². The summed E-state index contributed by atoms with van der Waals surface area (Å²) in [6.07, 6.45) is 3.53. The molecule has 0 unspecified atom stereocenters. The third-order valence-electron chi connectivity index (χ3n) is 2.69. The van der Waals surface area contributed by atoms with Crippen LogP contribution in [0.2, 0.25) is 0 Å². The first kappa shape index (κ1) is 12.3. The first-order valence-electron chi connectivity index (χ1n) is 5.60. The molecule has 1 heterocycles. The van der Waals surface area contributed by atoms with Crippen LogP contribution in [0.1, 0.15) is 26.2 Å². The van der Waals surface area contributed by atoms with Gasteiger partial charge in [0.25, 0.3) is 0 Å². The number of methoxy groups -OCH3 is 1. The molecule has 1 fully saturated rings. The van der Waals surface area contributed by atoms with E-state index in [1.165, 1.54) is 0 Å². The standard InChI is InChI=1S/C10H22N4O/c1-3-6-12-10(13-11)14-7-4-9(15-2)5-8-14/h9H,3-8,11H2,1-2H3,(H,12,13). The lowest BCUT2D eigenvalue weighted by atomic mass is 10.1. The van der Waals surface area contributed by atoms with Crippen molar-refractivity contribution in [3.8, 4) is 0 Å². The largest absolute Gasteiger partial charge is 0.381 e. The van der Waals surface area contributed by atoms with E-state index in [1.54, 1.807) is 7.11 Å². The second kappa shape index (κ2) is 6.63. The average molecular weight is 214 g/mol. The van der Waals surface area contributed by atoms with E-state index in [0.29, 0.717) is 6.10 Å². The van der Waals surface area contributed by atoms with E-state index in [0.717, 1.165) is 44.9 Å². The number of hydrazine groups is 1. The average Bonchev–Trinajstić information content (AvgIpc) is 2.31. The van der Waals surface area contributed by atoms with Crippen molar-refractivity contribution in [3.63, 3.8) is 0 Å². The van der Waals surface area contributed by atoms with Crippen LogP contribution in [0.25, 0.3) is 0 Å². The van der Waals surface area contributed by atoms with Gasteiger partial charge in [-0.2, -0.15) is 0 Å². The summed E-state index contributed by atoms with van der Waals surface area (Å²) in [5, 5.41) is 0. The maximum atomic E-state index is 5.46. The summed E-state index contributed by atoms with van der Waals surface area (Å²) in [4.78, 5) is 6.59. The van der Waals surface area contributed by atoms with Crippen LogP contribution in [0.3, 0.4) is 0 Å². The van der Waals surface area contributed by atoms with Crippen molar-refractivity contribution >= 4 is 5.96 Å². The Morgan fingerprint density at radius 3 is 2.67 bits per heavy atom. The number of guanidine groups is 1. The molecular weight excluding hydrogens is 192 g/mol. The highest BCUT2D eigenvalue weighted by atomic mass is 16.5. The van der Waals surface area contributed by atoms with Gasteiger partial charge in [0.1, 0.15) is 0 Å². The van der Waals surface area contributed by atoms with Crippen LogP contribution in [-0.2, 0) is 4.74 Å². The Kier molecular flexibility index (Phi) is 5.42. The summed E-state index contributed by atoms with van der Waals surface area (Å²) in [5.41, 5.74) is 2.67. The van der Waals surface area contributed by atoms with Gasteiger partial charge in [-0.15, -0.1) is 0 Å². The Labute approximate surface area is 91.6 Å². The van der Waals surface area contributed by atoms with Crippen LogP contribution >= 0.6 is 0 Å². The topological polar surface area (TPSA) is 62.9 Å². The van der Waals surface area contributed by atoms with Crippen LogP contribution in [0.4, 0.5) is 0 Å². The third-order valence-corrected chi connectivity index (χ3v) is 2.69. The molecule has 1 rings (SSSR count). The van der Waals surface area contributed by atoms with Gasteiger partial charge in [0.05, 0.1) is 6.10 Å². The molecule has 0 amide bonds. The molecule has 1 aliphatic rings. The molecular formula is C10H22N4O. The molecule has 0 bridgehead atoms. The molecule has 15 heavy (non-hydrogen) atoms. The molecule has 0 radical (unpaired) electrons. The van der Waals surface area contributed by atoms with E-state index >= 15 is 0 Å². The fraction of sp³-hybridized carbons (Fsp3) is 0.900. The number of nitrogens with zero attached hydrogens (tertiary/aromatic N) is 2. The predicted octanol–water partition coefficient (Wildman–Crippen LogP) is 0.327. The van der Waals surface area contributed by atoms with Gasteiger partial charge >= 0.3 is 0 Å². The number of rotatable bonds is 3. The third kappa shape index (κ3) is 3.68. The zero-order chi connectivity index (χ0) is 11.1. The van der Waals surface area contributed by atoms with Crippen LogP contribution in [-0.4, -0.2) is 43.7 Å². The van der Waals surface area contributed by atoms with Crippen molar-refractivity contribution in [1.82, 2.24) is 10.3 Å². The molecule has 5 heteroatoms. The smallest absolute Gasteiger partial charge is 0.208 e. The second-order valence-corrected chi connectivity index (χ2v) is 3.77. The molecule has 5 nitrogen and oxygen atoms in total. The summed E-state index contributed by atoms with van der Waals surface area (Å²) < 4.78 is 5.32. The molecule has 0 aliphatic carbocycles. The van der Waals surface area contributed by atoms with Crippen molar-refractivity contribution in [2.75, 3.05) is 26.7 Å². The summed E-state index contributed by atoms with van der Waals surface area (Å²) in [7, 11) is 1.77. The molecule has 0 aromatic carbocycles. The highest BCUT2D eigenvalue weighted by Gasteiger charge is 2.20. The normalized spacial score (nSPS) is 19.4. The van der Waals surface area contributed by atoms with E-state index in [-0.39, 0.29) is 0 Å². The van der Waals surface area contributed by atoms with Gasteiger partial charge in [-0.1, -0.05) is 6.92 Å². The Morgan fingerprint density at radius 1 is 1.53 bits per heavy atom. The molecule has 0 saturated carbocycles. The molecule has 0 aromatic rings. The maximum Gasteiger partial charge on any atom is 0.208 e. The summed E-state index contributed by atoms with van der Waals surface area (Å²) in [5.74, 6) is 6.27. The monoisotopic (exact) mass is 214 g/mol. The van der Waals surface area contributed by atoms with Crippen molar-refractivity contribution < 1.29 is 4.74 Å². The van der Waals surface area contributed by atoms with Crippen molar-refractivity contribution in [2.45, 2.75) is 32.3 Å². The fourth-order valence-electron chi connectivity index (χ4n) is 1.76. The van der Waals surface area contributed by atoms with E-state index in [1.807, 2.05) is 0 Å². The number of nitrogens with one attached hydrogen (secondary N) is 1. The SMILES string of the molecule is CCCN=C(NN)N1CCC(OC)CC1. The van der Waals surface area contributed by atoms with Crippen LogP contribution < -0.4 is 11.3 Å².